The summed E-state index contributed by atoms with van der Waals surface area (Å²) in [5.41, 5.74) is 0.224. The Morgan fingerprint density at radius 3 is 2.67 bits per heavy atom. The molecule has 64 valence electrons. The van der Waals surface area contributed by atoms with Gasteiger partial charge in [0.1, 0.15) is 5.69 Å². The molecule has 1 aromatic rings. The van der Waals surface area contributed by atoms with Crippen LogP contribution in [0.1, 0.15) is 10.5 Å². The highest BCUT2D eigenvalue weighted by molar-refractivity contribution is 6.40. The number of imidazole rings is 1. The lowest BCUT2D eigenvalue weighted by Crippen LogP contribution is -2.18. The van der Waals surface area contributed by atoms with E-state index in [1.165, 1.54) is 17.1 Å². The third-order valence-corrected chi connectivity index (χ3v) is 1.42. The number of hydrogen-bond acceptors (Lipinski definition) is 4. The fraction of sp³-hybridized carbons (Fsp3) is 0.286. The average Bonchev–Trinajstić information content (AvgIpc) is 2.48. The van der Waals surface area contributed by atoms with Gasteiger partial charge in [0.15, 0.2) is 0 Å². The van der Waals surface area contributed by atoms with Crippen LogP contribution in [0.5, 0.6) is 0 Å². The summed E-state index contributed by atoms with van der Waals surface area (Å²) in [6, 6.07) is 0. The zero-order chi connectivity index (χ0) is 9.14. The molecule has 0 unspecified atom stereocenters. The summed E-state index contributed by atoms with van der Waals surface area (Å²) in [5, 5.41) is 0. The third-order valence-electron chi connectivity index (χ3n) is 1.42. The van der Waals surface area contributed by atoms with Gasteiger partial charge in [-0.25, -0.2) is 9.78 Å². The van der Waals surface area contributed by atoms with Gasteiger partial charge < -0.3 is 9.30 Å². The highest BCUT2D eigenvalue weighted by Crippen LogP contribution is 1.98. The Balaban J connectivity index is 2.93. The number of nitrogens with zero attached hydrogens (tertiary/aromatic N) is 2. The Bertz CT molecular complexity index is 316. The molecule has 0 bridgehead atoms. The zero-order valence-corrected chi connectivity index (χ0v) is 6.77. The van der Waals surface area contributed by atoms with E-state index in [0.717, 1.165) is 7.11 Å². The molecule has 1 heterocycles. The molecular weight excluding hydrogens is 160 g/mol. The minimum Gasteiger partial charge on any atom is -0.463 e. The molecule has 5 nitrogen and oxygen atoms in total. The van der Waals surface area contributed by atoms with Gasteiger partial charge in [-0.15, -0.1) is 0 Å². The maximum absolute atomic E-state index is 11.1. The van der Waals surface area contributed by atoms with Gasteiger partial charge in [-0.3, -0.25) is 4.79 Å². The van der Waals surface area contributed by atoms with E-state index in [4.69, 9.17) is 0 Å². The first kappa shape index (κ1) is 8.45. The molecule has 0 fully saturated rings. The molecule has 0 amide bonds. The molecule has 0 aliphatic heterocycles. The van der Waals surface area contributed by atoms with Gasteiger partial charge in [0, 0.05) is 7.05 Å². The molecular formula is C7H8N2O3. The van der Waals surface area contributed by atoms with Crippen LogP contribution < -0.4 is 0 Å². The quantitative estimate of drug-likeness (QED) is 0.348. The van der Waals surface area contributed by atoms with E-state index in [-0.39, 0.29) is 5.69 Å². The Hall–Kier alpha value is -1.65. The van der Waals surface area contributed by atoms with E-state index in [0.29, 0.717) is 0 Å². The lowest BCUT2D eigenvalue weighted by molar-refractivity contribution is -0.135. The summed E-state index contributed by atoms with van der Waals surface area (Å²) in [5.74, 6) is -1.56. The smallest absolute Gasteiger partial charge is 0.381 e. The second kappa shape index (κ2) is 3.17. The lowest BCUT2D eigenvalue weighted by Gasteiger charge is -1.97. The number of hydrogen-bond donors (Lipinski definition) is 0. The van der Waals surface area contributed by atoms with Gasteiger partial charge in [-0.05, 0) is 0 Å². The van der Waals surface area contributed by atoms with E-state index >= 15 is 0 Å². The van der Waals surface area contributed by atoms with Crippen LogP contribution >= 0.6 is 0 Å². The van der Waals surface area contributed by atoms with Crippen molar-refractivity contribution in [2.45, 2.75) is 0 Å². The third kappa shape index (κ3) is 1.34. The maximum Gasteiger partial charge on any atom is 0.381 e. The second-order valence-electron chi connectivity index (χ2n) is 2.21. The van der Waals surface area contributed by atoms with Crippen LogP contribution in [-0.2, 0) is 16.6 Å². The molecule has 0 radical (unpaired) electrons. The van der Waals surface area contributed by atoms with Crippen molar-refractivity contribution in [2.75, 3.05) is 7.11 Å². The fourth-order valence-electron chi connectivity index (χ4n) is 0.773. The molecule has 0 aliphatic carbocycles. The first-order chi connectivity index (χ1) is 5.66. The van der Waals surface area contributed by atoms with Gasteiger partial charge in [0.2, 0.25) is 0 Å². The number of rotatable bonds is 2. The molecule has 1 rings (SSSR count). The minimum absolute atomic E-state index is 0.224. The average molecular weight is 168 g/mol. The summed E-state index contributed by atoms with van der Waals surface area (Å²) < 4.78 is 5.72. The Morgan fingerprint density at radius 2 is 2.25 bits per heavy atom. The van der Waals surface area contributed by atoms with Crippen molar-refractivity contribution >= 4 is 11.8 Å². The minimum atomic E-state index is -0.876. The lowest BCUT2D eigenvalue weighted by atomic mass is 10.3. The number of aromatic nitrogens is 2. The second-order valence-corrected chi connectivity index (χ2v) is 2.21. The highest BCUT2D eigenvalue weighted by Gasteiger charge is 2.19. The summed E-state index contributed by atoms with van der Waals surface area (Å²) in [6.07, 6.45) is 2.76. The molecule has 0 saturated heterocycles. The Labute approximate surface area is 69.0 Å². The number of methoxy groups -OCH3 is 1. The number of ketones is 1. The molecule has 0 saturated carbocycles. The number of carbonyl (C=O) groups is 2. The number of carbonyl (C=O) groups excluding carboxylic acids is 2. The van der Waals surface area contributed by atoms with E-state index in [1.54, 1.807) is 7.05 Å². The van der Waals surface area contributed by atoms with Crippen molar-refractivity contribution in [2.24, 2.45) is 7.05 Å². The summed E-state index contributed by atoms with van der Waals surface area (Å²) in [4.78, 5) is 25.6. The molecule has 0 spiro atoms. The van der Waals surface area contributed by atoms with E-state index < -0.39 is 11.8 Å². The molecule has 12 heavy (non-hydrogen) atoms. The topological polar surface area (TPSA) is 61.2 Å². The van der Waals surface area contributed by atoms with Crippen LogP contribution in [0.2, 0.25) is 0 Å². The predicted octanol–water partition coefficient (Wildman–Crippen LogP) is -0.224. The van der Waals surface area contributed by atoms with Crippen LogP contribution in [0.15, 0.2) is 12.5 Å². The van der Waals surface area contributed by atoms with Gasteiger partial charge >= 0.3 is 5.97 Å². The van der Waals surface area contributed by atoms with Crippen molar-refractivity contribution < 1.29 is 14.3 Å². The summed E-state index contributed by atoms with van der Waals surface area (Å²) in [7, 11) is 2.79. The maximum atomic E-state index is 11.1. The number of esters is 1. The van der Waals surface area contributed by atoms with Gasteiger partial charge in [-0.1, -0.05) is 0 Å². The summed E-state index contributed by atoms with van der Waals surface area (Å²) in [6.45, 7) is 0. The van der Waals surface area contributed by atoms with Crippen molar-refractivity contribution in [3.8, 4) is 0 Å². The van der Waals surface area contributed by atoms with Gasteiger partial charge in [0.25, 0.3) is 5.78 Å². The number of aryl methyl sites for hydroxylation is 1. The molecule has 5 heteroatoms. The predicted molar refractivity (Wildman–Crippen MR) is 39.6 cm³/mol. The molecule has 0 N–H and O–H groups in total. The fourth-order valence-corrected chi connectivity index (χ4v) is 0.773. The van der Waals surface area contributed by atoms with Crippen LogP contribution in [0.25, 0.3) is 0 Å². The van der Waals surface area contributed by atoms with Crippen LogP contribution in [-0.4, -0.2) is 28.4 Å². The Kier molecular flexibility index (Phi) is 2.23. The van der Waals surface area contributed by atoms with Crippen LogP contribution in [0, 0.1) is 0 Å². The largest absolute Gasteiger partial charge is 0.463 e. The Morgan fingerprint density at radius 1 is 1.58 bits per heavy atom. The van der Waals surface area contributed by atoms with Crippen molar-refractivity contribution in [3.63, 3.8) is 0 Å². The van der Waals surface area contributed by atoms with E-state index in [2.05, 4.69) is 9.72 Å². The van der Waals surface area contributed by atoms with Crippen molar-refractivity contribution in [3.05, 3.63) is 18.2 Å². The molecule has 0 atom stereocenters. The van der Waals surface area contributed by atoms with Crippen molar-refractivity contribution in [1.29, 1.82) is 0 Å². The molecule has 0 aromatic carbocycles. The molecule has 1 aromatic heterocycles. The van der Waals surface area contributed by atoms with Gasteiger partial charge in [0.05, 0.1) is 19.6 Å². The van der Waals surface area contributed by atoms with Crippen LogP contribution in [0.3, 0.4) is 0 Å². The van der Waals surface area contributed by atoms with Gasteiger partial charge in [-0.2, -0.15) is 0 Å². The monoisotopic (exact) mass is 168 g/mol. The molecule has 0 aliphatic rings. The normalized spacial score (nSPS) is 9.50. The number of ether oxygens (including phenoxy) is 1. The zero-order valence-electron chi connectivity index (χ0n) is 6.77. The first-order valence-electron chi connectivity index (χ1n) is 3.25. The van der Waals surface area contributed by atoms with E-state index in [1.807, 2.05) is 0 Å². The summed E-state index contributed by atoms with van der Waals surface area (Å²) >= 11 is 0. The SMILES string of the molecule is COC(=O)C(=O)c1cncn1C. The highest BCUT2D eigenvalue weighted by atomic mass is 16.5. The first-order valence-corrected chi connectivity index (χ1v) is 3.25. The van der Waals surface area contributed by atoms with Crippen molar-refractivity contribution in [1.82, 2.24) is 9.55 Å². The standard InChI is InChI=1S/C7H8N2O3/c1-9-4-8-3-5(9)6(10)7(11)12-2/h3-4H,1-2H3. The van der Waals surface area contributed by atoms with Crippen LogP contribution in [0.4, 0.5) is 0 Å². The number of Topliss-reactive ketones (excluding diaryl/α,β-unsaturated/α-hetero) is 1. The van der Waals surface area contributed by atoms with E-state index in [9.17, 15) is 9.59 Å².